The minimum Gasteiger partial charge on any atom is -0.496 e. The summed E-state index contributed by atoms with van der Waals surface area (Å²) in [7, 11) is 1.65. The predicted molar refractivity (Wildman–Crippen MR) is 92.0 cm³/mol. The zero-order valence-electron chi connectivity index (χ0n) is 14.1. The van der Waals surface area contributed by atoms with Crippen molar-refractivity contribution in [1.29, 1.82) is 0 Å². The molecule has 0 atom stereocenters. The fraction of sp³-hybridized carbons (Fsp3) is 0.500. The number of hydrogen-bond acceptors (Lipinski definition) is 3. The molecule has 5 nitrogen and oxygen atoms in total. The van der Waals surface area contributed by atoms with Crippen LogP contribution in [0.1, 0.15) is 32.7 Å². The van der Waals surface area contributed by atoms with E-state index in [1.54, 1.807) is 7.11 Å². The molecule has 0 radical (unpaired) electrons. The monoisotopic (exact) mass is 315 g/mol. The molecule has 3 rings (SSSR count). The molecule has 0 bridgehead atoms. The van der Waals surface area contributed by atoms with Crippen molar-refractivity contribution < 1.29 is 4.74 Å². The average Bonchev–Trinajstić information content (AvgIpc) is 2.96. The molecule has 1 N–H and O–H groups in total. The van der Waals surface area contributed by atoms with Crippen LogP contribution in [-0.4, -0.2) is 40.7 Å². The molecule has 1 aromatic carbocycles. The number of aromatic amines is 1. The SMILES string of the molecule is COc1ccccc1-c1cn(C2CCN(C(C)C)CC2)c(=O)[nH]1. The Bertz CT molecular complexity index is 709. The molecule has 1 aromatic heterocycles. The van der Waals surface area contributed by atoms with Gasteiger partial charge >= 0.3 is 5.69 Å². The number of rotatable bonds is 4. The Morgan fingerprint density at radius 2 is 1.91 bits per heavy atom. The Kier molecular flexibility index (Phi) is 4.57. The summed E-state index contributed by atoms with van der Waals surface area (Å²) in [6.07, 6.45) is 3.97. The first kappa shape index (κ1) is 15.9. The van der Waals surface area contributed by atoms with Crippen LogP contribution in [0.4, 0.5) is 0 Å². The van der Waals surface area contributed by atoms with E-state index in [2.05, 4.69) is 23.7 Å². The van der Waals surface area contributed by atoms with Crippen LogP contribution in [0.25, 0.3) is 11.3 Å². The van der Waals surface area contributed by atoms with Crippen LogP contribution in [0.2, 0.25) is 0 Å². The molecule has 1 fully saturated rings. The lowest BCUT2D eigenvalue weighted by atomic mass is 10.0. The van der Waals surface area contributed by atoms with E-state index in [-0.39, 0.29) is 11.7 Å². The number of methoxy groups -OCH3 is 1. The second kappa shape index (κ2) is 6.62. The molecule has 1 aliphatic heterocycles. The number of H-pyrrole nitrogens is 1. The Balaban J connectivity index is 1.84. The summed E-state index contributed by atoms with van der Waals surface area (Å²) >= 11 is 0. The summed E-state index contributed by atoms with van der Waals surface area (Å²) in [5, 5.41) is 0. The maximum Gasteiger partial charge on any atom is 0.326 e. The van der Waals surface area contributed by atoms with Crippen LogP contribution in [0.5, 0.6) is 5.75 Å². The highest BCUT2D eigenvalue weighted by molar-refractivity contribution is 5.66. The van der Waals surface area contributed by atoms with Crippen molar-refractivity contribution in [2.45, 2.75) is 38.8 Å². The predicted octanol–water partition coefficient (Wildman–Crippen LogP) is 2.90. The van der Waals surface area contributed by atoms with Crippen molar-refractivity contribution >= 4 is 0 Å². The third kappa shape index (κ3) is 3.20. The Morgan fingerprint density at radius 1 is 1.22 bits per heavy atom. The number of piperidine rings is 1. The summed E-state index contributed by atoms with van der Waals surface area (Å²) in [4.78, 5) is 17.8. The van der Waals surface area contributed by atoms with Gasteiger partial charge in [0.2, 0.25) is 0 Å². The average molecular weight is 315 g/mol. The third-order valence-electron chi connectivity index (χ3n) is 4.76. The van der Waals surface area contributed by atoms with Gasteiger partial charge in [0.15, 0.2) is 0 Å². The number of benzene rings is 1. The molecule has 0 saturated carbocycles. The molecule has 124 valence electrons. The lowest BCUT2D eigenvalue weighted by Crippen LogP contribution is -2.40. The molecular formula is C18H25N3O2. The molecular weight excluding hydrogens is 290 g/mol. The molecule has 23 heavy (non-hydrogen) atoms. The van der Waals surface area contributed by atoms with Gasteiger partial charge in [-0.3, -0.25) is 4.57 Å². The highest BCUT2D eigenvalue weighted by Crippen LogP contribution is 2.29. The van der Waals surface area contributed by atoms with E-state index in [0.29, 0.717) is 6.04 Å². The molecule has 5 heteroatoms. The van der Waals surface area contributed by atoms with E-state index in [0.717, 1.165) is 42.9 Å². The molecule has 2 heterocycles. The Morgan fingerprint density at radius 3 is 2.57 bits per heavy atom. The number of imidazole rings is 1. The number of ether oxygens (including phenoxy) is 1. The molecule has 1 aliphatic rings. The van der Waals surface area contributed by atoms with E-state index in [4.69, 9.17) is 4.74 Å². The lowest BCUT2D eigenvalue weighted by Gasteiger charge is -2.34. The highest BCUT2D eigenvalue weighted by Gasteiger charge is 2.23. The van der Waals surface area contributed by atoms with Gasteiger partial charge in [-0.15, -0.1) is 0 Å². The molecule has 0 amide bonds. The number of likely N-dealkylation sites (tertiary alicyclic amines) is 1. The van der Waals surface area contributed by atoms with Gasteiger partial charge in [0.05, 0.1) is 12.8 Å². The smallest absolute Gasteiger partial charge is 0.326 e. The molecule has 0 unspecified atom stereocenters. The summed E-state index contributed by atoms with van der Waals surface area (Å²) < 4.78 is 7.26. The zero-order chi connectivity index (χ0) is 16.4. The van der Waals surface area contributed by atoms with Crippen molar-refractivity contribution in [2.75, 3.05) is 20.2 Å². The minimum atomic E-state index is -0.0334. The Hall–Kier alpha value is -2.01. The summed E-state index contributed by atoms with van der Waals surface area (Å²) in [5.74, 6) is 0.774. The summed E-state index contributed by atoms with van der Waals surface area (Å²) in [6.45, 7) is 6.54. The lowest BCUT2D eigenvalue weighted by molar-refractivity contribution is 0.151. The van der Waals surface area contributed by atoms with E-state index < -0.39 is 0 Å². The van der Waals surface area contributed by atoms with Crippen molar-refractivity contribution in [3.63, 3.8) is 0 Å². The van der Waals surface area contributed by atoms with Gasteiger partial charge in [-0.25, -0.2) is 4.79 Å². The van der Waals surface area contributed by atoms with Crippen LogP contribution >= 0.6 is 0 Å². The number of para-hydroxylation sites is 1. The first-order valence-electron chi connectivity index (χ1n) is 8.28. The normalized spacial score (nSPS) is 16.9. The van der Waals surface area contributed by atoms with Gasteiger partial charge in [-0.1, -0.05) is 12.1 Å². The van der Waals surface area contributed by atoms with Crippen molar-refractivity contribution in [1.82, 2.24) is 14.5 Å². The first-order valence-corrected chi connectivity index (χ1v) is 8.28. The van der Waals surface area contributed by atoms with Gasteiger partial charge in [0.25, 0.3) is 0 Å². The van der Waals surface area contributed by atoms with Crippen LogP contribution in [-0.2, 0) is 0 Å². The fourth-order valence-electron chi connectivity index (χ4n) is 3.37. The number of nitrogens with zero attached hydrogens (tertiary/aromatic N) is 2. The second-order valence-electron chi connectivity index (χ2n) is 6.44. The molecule has 0 aliphatic carbocycles. The molecule has 0 spiro atoms. The fourth-order valence-corrected chi connectivity index (χ4v) is 3.37. The van der Waals surface area contributed by atoms with E-state index in [9.17, 15) is 4.79 Å². The number of hydrogen-bond donors (Lipinski definition) is 1. The number of aromatic nitrogens is 2. The number of nitrogens with one attached hydrogen (secondary N) is 1. The van der Waals surface area contributed by atoms with E-state index >= 15 is 0 Å². The van der Waals surface area contributed by atoms with E-state index in [1.165, 1.54) is 0 Å². The van der Waals surface area contributed by atoms with Crippen molar-refractivity contribution in [3.8, 4) is 17.0 Å². The van der Waals surface area contributed by atoms with Crippen molar-refractivity contribution in [3.05, 3.63) is 40.9 Å². The first-order chi connectivity index (χ1) is 11.1. The quantitative estimate of drug-likeness (QED) is 0.944. The standard InChI is InChI=1S/C18H25N3O2/c1-13(2)20-10-8-14(9-11-20)21-12-16(19-18(21)22)15-6-4-5-7-17(15)23-3/h4-7,12-14H,8-11H2,1-3H3,(H,19,22). The summed E-state index contributed by atoms with van der Waals surface area (Å²) in [6, 6.07) is 8.61. The van der Waals surface area contributed by atoms with Crippen LogP contribution < -0.4 is 10.4 Å². The van der Waals surface area contributed by atoms with Crippen LogP contribution in [0.15, 0.2) is 35.3 Å². The Labute approximate surface area is 136 Å². The molecule has 1 saturated heterocycles. The maximum absolute atomic E-state index is 12.4. The highest BCUT2D eigenvalue weighted by atomic mass is 16.5. The maximum atomic E-state index is 12.4. The van der Waals surface area contributed by atoms with Gasteiger partial charge < -0.3 is 14.6 Å². The van der Waals surface area contributed by atoms with Gasteiger partial charge in [0.1, 0.15) is 5.75 Å². The van der Waals surface area contributed by atoms with Gasteiger partial charge in [-0.2, -0.15) is 0 Å². The zero-order valence-corrected chi connectivity index (χ0v) is 14.1. The van der Waals surface area contributed by atoms with Gasteiger partial charge in [-0.05, 0) is 38.8 Å². The van der Waals surface area contributed by atoms with Crippen LogP contribution in [0.3, 0.4) is 0 Å². The minimum absolute atomic E-state index is 0.0334. The largest absolute Gasteiger partial charge is 0.496 e. The van der Waals surface area contributed by atoms with E-state index in [1.807, 2.05) is 35.0 Å². The summed E-state index contributed by atoms with van der Waals surface area (Å²) in [5.41, 5.74) is 1.71. The third-order valence-corrected chi connectivity index (χ3v) is 4.76. The topological polar surface area (TPSA) is 50.3 Å². The van der Waals surface area contributed by atoms with Gasteiger partial charge in [0, 0.05) is 36.9 Å². The molecule has 2 aromatic rings. The van der Waals surface area contributed by atoms with Crippen LogP contribution in [0, 0.1) is 0 Å². The van der Waals surface area contributed by atoms with Crippen molar-refractivity contribution in [2.24, 2.45) is 0 Å². The second-order valence-corrected chi connectivity index (χ2v) is 6.44.